The lowest BCUT2D eigenvalue weighted by Crippen LogP contribution is -2.07. The molecule has 0 saturated carbocycles. The molecule has 72 valence electrons. The molecule has 1 aromatic rings. The Bertz CT molecular complexity index is 258. The Morgan fingerprint density at radius 3 is 2.92 bits per heavy atom. The second-order valence-corrected chi connectivity index (χ2v) is 2.22. The van der Waals surface area contributed by atoms with Gasteiger partial charge in [-0.15, -0.1) is 0 Å². The van der Waals surface area contributed by atoms with E-state index >= 15 is 0 Å². The average Bonchev–Trinajstić information content (AvgIpc) is 2.13. The lowest BCUT2D eigenvalue weighted by Gasteiger charge is -2.03. The molecule has 13 heavy (non-hydrogen) atoms. The zero-order chi connectivity index (χ0) is 9.52. The zero-order valence-electron chi connectivity index (χ0n) is 7.36. The lowest BCUT2D eigenvalue weighted by atomic mass is 10.6. The first-order valence-corrected chi connectivity index (χ1v) is 4.01. The summed E-state index contributed by atoms with van der Waals surface area (Å²) < 4.78 is 22.6. The standard InChI is InChI=1S/C8H11FN2O2/c1-2-12-3-4-13-8-5-7(9)10-6-11-8/h5-6H,2-4H2,1H3. The van der Waals surface area contributed by atoms with Crippen LogP contribution in [0.3, 0.4) is 0 Å². The van der Waals surface area contributed by atoms with Crippen molar-refractivity contribution in [2.75, 3.05) is 19.8 Å². The van der Waals surface area contributed by atoms with E-state index in [0.717, 1.165) is 12.4 Å². The summed E-state index contributed by atoms with van der Waals surface area (Å²) in [5, 5.41) is 0. The van der Waals surface area contributed by atoms with Gasteiger partial charge >= 0.3 is 0 Å². The highest BCUT2D eigenvalue weighted by Crippen LogP contribution is 2.04. The zero-order valence-corrected chi connectivity index (χ0v) is 7.36. The van der Waals surface area contributed by atoms with E-state index in [9.17, 15) is 4.39 Å². The second-order valence-electron chi connectivity index (χ2n) is 2.22. The third-order valence-corrected chi connectivity index (χ3v) is 1.29. The van der Waals surface area contributed by atoms with Crippen LogP contribution in [-0.2, 0) is 4.74 Å². The van der Waals surface area contributed by atoms with E-state index in [0.29, 0.717) is 19.8 Å². The van der Waals surface area contributed by atoms with Crippen LogP contribution in [0.2, 0.25) is 0 Å². The molecular formula is C8H11FN2O2. The highest BCUT2D eigenvalue weighted by Gasteiger charge is 1.97. The fourth-order valence-corrected chi connectivity index (χ4v) is 0.746. The van der Waals surface area contributed by atoms with Crippen molar-refractivity contribution in [2.45, 2.75) is 6.92 Å². The Hall–Kier alpha value is -1.23. The van der Waals surface area contributed by atoms with Crippen LogP contribution in [0, 0.1) is 5.95 Å². The van der Waals surface area contributed by atoms with E-state index in [1.165, 1.54) is 0 Å². The van der Waals surface area contributed by atoms with Crippen molar-refractivity contribution in [1.82, 2.24) is 9.97 Å². The molecule has 4 nitrogen and oxygen atoms in total. The van der Waals surface area contributed by atoms with E-state index in [1.807, 2.05) is 6.92 Å². The van der Waals surface area contributed by atoms with Gasteiger partial charge in [-0.2, -0.15) is 4.39 Å². The molecule has 0 fully saturated rings. The molecule has 0 bridgehead atoms. The number of halogens is 1. The van der Waals surface area contributed by atoms with Crippen LogP contribution in [0.1, 0.15) is 6.92 Å². The minimum absolute atomic E-state index is 0.229. The molecule has 0 atom stereocenters. The Morgan fingerprint density at radius 2 is 2.23 bits per heavy atom. The third-order valence-electron chi connectivity index (χ3n) is 1.29. The maximum atomic E-state index is 12.5. The van der Waals surface area contributed by atoms with Crippen molar-refractivity contribution < 1.29 is 13.9 Å². The van der Waals surface area contributed by atoms with Crippen molar-refractivity contribution in [3.05, 3.63) is 18.3 Å². The van der Waals surface area contributed by atoms with Crippen molar-refractivity contribution in [3.63, 3.8) is 0 Å². The average molecular weight is 186 g/mol. The Balaban J connectivity index is 2.28. The van der Waals surface area contributed by atoms with Gasteiger partial charge in [-0.05, 0) is 6.92 Å². The third kappa shape index (κ3) is 3.80. The lowest BCUT2D eigenvalue weighted by molar-refractivity contribution is 0.108. The summed E-state index contributed by atoms with van der Waals surface area (Å²) in [6, 6.07) is 1.13. The van der Waals surface area contributed by atoms with Gasteiger partial charge in [-0.25, -0.2) is 9.97 Å². The topological polar surface area (TPSA) is 44.2 Å². The molecular weight excluding hydrogens is 175 g/mol. The molecule has 0 aromatic carbocycles. The molecule has 0 spiro atoms. The van der Waals surface area contributed by atoms with Gasteiger partial charge in [-0.1, -0.05) is 0 Å². The minimum atomic E-state index is -0.596. The largest absolute Gasteiger partial charge is 0.475 e. The van der Waals surface area contributed by atoms with Gasteiger partial charge in [-0.3, -0.25) is 0 Å². The van der Waals surface area contributed by atoms with Crippen LogP contribution in [0.4, 0.5) is 4.39 Å². The Morgan fingerprint density at radius 1 is 1.38 bits per heavy atom. The molecule has 0 N–H and O–H groups in total. The monoisotopic (exact) mass is 186 g/mol. The summed E-state index contributed by atoms with van der Waals surface area (Å²) >= 11 is 0. The van der Waals surface area contributed by atoms with Crippen LogP contribution in [0.25, 0.3) is 0 Å². The van der Waals surface area contributed by atoms with E-state index < -0.39 is 5.95 Å². The highest BCUT2D eigenvalue weighted by molar-refractivity contribution is 5.05. The molecule has 0 aliphatic carbocycles. The smallest absolute Gasteiger partial charge is 0.219 e. The molecule has 0 aliphatic heterocycles. The van der Waals surface area contributed by atoms with Crippen LogP contribution in [0.15, 0.2) is 12.4 Å². The van der Waals surface area contributed by atoms with E-state index in [1.54, 1.807) is 0 Å². The summed E-state index contributed by atoms with van der Waals surface area (Å²) in [4.78, 5) is 7.00. The van der Waals surface area contributed by atoms with Gasteiger partial charge in [0.15, 0.2) is 0 Å². The summed E-state index contributed by atoms with van der Waals surface area (Å²) in [6.45, 7) is 3.37. The minimum Gasteiger partial charge on any atom is -0.475 e. The number of nitrogens with zero attached hydrogens (tertiary/aromatic N) is 2. The van der Waals surface area contributed by atoms with Crippen molar-refractivity contribution in [1.29, 1.82) is 0 Å². The number of hydrogen-bond donors (Lipinski definition) is 0. The Labute approximate surface area is 75.7 Å². The van der Waals surface area contributed by atoms with Gasteiger partial charge in [0.05, 0.1) is 12.7 Å². The van der Waals surface area contributed by atoms with Gasteiger partial charge in [0, 0.05) is 6.61 Å². The van der Waals surface area contributed by atoms with Gasteiger partial charge in [0.2, 0.25) is 11.8 Å². The first kappa shape index (κ1) is 9.85. The SMILES string of the molecule is CCOCCOc1cc(F)ncn1. The van der Waals surface area contributed by atoms with Gasteiger partial charge in [0.25, 0.3) is 0 Å². The number of aromatic nitrogens is 2. The van der Waals surface area contributed by atoms with Gasteiger partial charge in [0.1, 0.15) is 12.9 Å². The molecule has 0 amide bonds. The number of ether oxygens (including phenoxy) is 2. The van der Waals surface area contributed by atoms with E-state index in [2.05, 4.69) is 9.97 Å². The fourth-order valence-electron chi connectivity index (χ4n) is 0.746. The second kappa shape index (κ2) is 5.42. The van der Waals surface area contributed by atoms with E-state index in [4.69, 9.17) is 9.47 Å². The van der Waals surface area contributed by atoms with Crippen LogP contribution in [-0.4, -0.2) is 29.8 Å². The van der Waals surface area contributed by atoms with Crippen molar-refractivity contribution in [2.24, 2.45) is 0 Å². The van der Waals surface area contributed by atoms with Crippen molar-refractivity contribution in [3.8, 4) is 5.88 Å². The highest BCUT2D eigenvalue weighted by atomic mass is 19.1. The predicted octanol–water partition coefficient (Wildman–Crippen LogP) is 1.03. The van der Waals surface area contributed by atoms with Crippen LogP contribution in [0.5, 0.6) is 5.88 Å². The molecule has 1 aromatic heterocycles. The molecule has 1 heterocycles. The predicted molar refractivity (Wildman–Crippen MR) is 44.0 cm³/mol. The maximum absolute atomic E-state index is 12.5. The Kier molecular flexibility index (Phi) is 4.11. The summed E-state index contributed by atoms with van der Waals surface area (Å²) in [7, 11) is 0. The van der Waals surface area contributed by atoms with Crippen LogP contribution < -0.4 is 4.74 Å². The first-order chi connectivity index (χ1) is 6.33. The van der Waals surface area contributed by atoms with Gasteiger partial charge < -0.3 is 9.47 Å². The normalized spacial score (nSPS) is 10.0. The maximum Gasteiger partial charge on any atom is 0.219 e. The summed E-state index contributed by atoms with van der Waals surface area (Å²) in [6.07, 6.45) is 1.12. The quantitative estimate of drug-likeness (QED) is 0.509. The summed E-state index contributed by atoms with van der Waals surface area (Å²) in [5.41, 5.74) is 0. The first-order valence-electron chi connectivity index (χ1n) is 4.01. The summed E-state index contributed by atoms with van der Waals surface area (Å²) in [5.74, 6) is -0.367. The molecule has 1 rings (SSSR count). The van der Waals surface area contributed by atoms with E-state index in [-0.39, 0.29) is 5.88 Å². The van der Waals surface area contributed by atoms with Crippen molar-refractivity contribution >= 4 is 0 Å². The number of rotatable bonds is 5. The fraction of sp³-hybridized carbons (Fsp3) is 0.500. The molecule has 5 heteroatoms. The molecule has 0 radical (unpaired) electrons. The molecule has 0 aliphatic rings. The molecule has 0 saturated heterocycles. The molecule has 0 unspecified atom stereocenters. The number of hydrogen-bond acceptors (Lipinski definition) is 4. The van der Waals surface area contributed by atoms with Crippen LogP contribution >= 0.6 is 0 Å².